The number of anilines is 2. The molecule has 8 heteroatoms. The van der Waals surface area contributed by atoms with E-state index in [0.29, 0.717) is 10.6 Å². The van der Waals surface area contributed by atoms with Gasteiger partial charge in [-0.1, -0.05) is 51.8 Å². The van der Waals surface area contributed by atoms with Gasteiger partial charge in [0.2, 0.25) is 0 Å². The number of hydrogen-bond acceptors (Lipinski definition) is 5. The van der Waals surface area contributed by atoms with Gasteiger partial charge in [0.05, 0.1) is 11.9 Å². The molecule has 154 valence electrons. The molecule has 1 heterocycles. The van der Waals surface area contributed by atoms with Crippen LogP contribution in [0.4, 0.5) is 10.8 Å². The van der Waals surface area contributed by atoms with Crippen LogP contribution < -0.4 is 10.7 Å². The maximum absolute atomic E-state index is 12.3. The van der Waals surface area contributed by atoms with Gasteiger partial charge in [0.25, 0.3) is 5.91 Å². The Bertz CT molecular complexity index is 1210. The Labute approximate surface area is 196 Å². The largest absolute Gasteiger partial charge is 0.332 e. The summed E-state index contributed by atoms with van der Waals surface area (Å²) in [5.74, 6) is -0.275. The van der Waals surface area contributed by atoms with Gasteiger partial charge < -0.3 is 5.32 Å². The van der Waals surface area contributed by atoms with E-state index in [1.165, 1.54) is 11.3 Å². The van der Waals surface area contributed by atoms with Gasteiger partial charge >= 0.3 is 0 Å². The molecule has 0 fully saturated rings. The van der Waals surface area contributed by atoms with E-state index in [9.17, 15) is 4.79 Å². The van der Waals surface area contributed by atoms with Crippen LogP contribution in [0.5, 0.6) is 0 Å². The third-order valence-electron chi connectivity index (χ3n) is 4.29. The summed E-state index contributed by atoms with van der Waals surface area (Å²) in [6, 6.07) is 22.3. The van der Waals surface area contributed by atoms with E-state index < -0.39 is 0 Å². The van der Waals surface area contributed by atoms with Crippen LogP contribution in [0.2, 0.25) is 5.02 Å². The van der Waals surface area contributed by atoms with Crippen molar-refractivity contribution in [2.45, 2.75) is 0 Å². The summed E-state index contributed by atoms with van der Waals surface area (Å²) in [6.07, 6.45) is 1.60. The summed E-state index contributed by atoms with van der Waals surface area (Å²) in [7, 11) is 0. The van der Waals surface area contributed by atoms with E-state index in [1.54, 1.807) is 18.3 Å². The highest BCUT2D eigenvalue weighted by Gasteiger charge is 2.08. The lowest BCUT2D eigenvalue weighted by Gasteiger charge is -2.03. The van der Waals surface area contributed by atoms with Crippen molar-refractivity contribution in [2.24, 2.45) is 5.10 Å². The van der Waals surface area contributed by atoms with E-state index in [2.05, 4.69) is 36.8 Å². The molecule has 4 rings (SSSR count). The lowest BCUT2D eigenvalue weighted by molar-refractivity contribution is 0.0955. The predicted molar refractivity (Wildman–Crippen MR) is 131 cm³/mol. The monoisotopic (exact) mass is 510 g/mol. The van der Waals surface area contributed by atoms with E-state index in [-0.39, 0.29) is 5.91 Å². The number of halogens is 2. The molecule has 0 saturated carbocycles. The van der Waals surface area contributed by atoms with Crippen molar-refractivity contribution in [3.63, 3.8) is 0 Å². The van der Waals surface area contributed by atoms with Crippen LogP contribution in [0.3, 0.4) is 0 Å². The first-order valence-electron chi connectivity index (χ1n) is 9.24. The number of hydrazone groups is 1. The maximum atomic E-state index is 12.3. The molecule has 5 nitrogen and oxygen atoms in total. The molecule has 31 heavy (non-hydrogen) atoms. The van der Waals surface area contributed by atoms with Crippen LogP contribution in [0.15, 0.2) is 87.8 Å². The zero-order chi connectivity index (χ0) is 21.6. The number of nitrogens with one attached hydrogen (secondary N) is 2. The normalized spacial score (nSPS) is 10.9. The topological polar surface area (TPSA) is 66.4 Å². The zero-order valence-corrected chi connectivity index (χ0v) is 19.2. The molecule has 0 bridgehead atoms. The predicted octanol–water partition coefficient (Wildman–Crippen LogP) is 6.73. The van der Waals surface area contributed by atoms with Gasteiger partial charge in [0.1, 0.15) is 0 Å². The molecule has 0 radical (unpaired) electrons. The van der Waals surface area contributed by atoms with Crippen LogP contribution in [0.25, 0.3) is 11.3 Å². The van der Waals surface area contributed by atoms with Crippen molar-refractivity contribution in [1.82, 2.24) is 10.4 Å². The number of rotatable bonds is 6. The average molecular weight is 512 g/mol. The number of carbonyl (C=O) groups is 1. The smallest absolute Gasteiger partial charge is 0.271 e. The molecule has 0 aliphatic rings. The van der Waals surface area contributed by atoms with Gasteiger partial charge in [-0.15, -0.1) is 11.3 Å². The molecule has 0 saturated heterocycles. The van der Waals surface area contributed by atoms with E-state index in [0.717, 1.165) is 32.1 Å². The van der Waals surface area contributed by atoms with Crippen molar-refractivity contribution in [3.05, 3.63) is 98.8 Å². The minimum Gasteiger partial charge on any atom is -0.332 e. The van der Waals surface area contributed by atoms with Gasteiger partial charge in [-0.2, -0.15) is 5.10 Å². The molecule has 4 aromatic rings. The van der Waals surface area contributed by atoms with Crippen molar-refractivity contribution in [3.8, 4) is 11.3 Å². The number of amides is 1. The van der Waals surface area contributed by atoms with Gasteiger partial charge in [0.15, 0.2) is 5.13 Å². The number of aromatic nitrogens is 1. The second kappa shape index (κ2) is 9.87. The van der Waals surface area contributed by atoms with Gasteiger partial charge in [-0.3, -0.25) is 4.79 Å². The summed E-state index contributed by atoms with van der Waals surface area (Å²) in [5.41, 5.74) is 6.63. The molecule has 0 aliphatic carbocycles. The second-order valence-electron chi connectivity index (χ2n) is 6.50. The van der Waals surface area contributed by atoms with E-state index in [1.807, 2.05) is 66.0 Å². The fourth-order valence-electron chi connectivity index (χ4n) is 2.69. The molecule has 1 aromatic heterocycles. The Kier molecular flexibility index (Phi) is 6.76. The summed E-state index contributed by atoms with van der Waals surface area (Å²) < 4.78 is 0.988. The highest BCUT2D eigenvalue weighted by Crippen LogP contribution is 2.27. The molecule has 0 atom stereocenters. The molecule has 3 aromatic carbocycles. The van der Waals surface area contributed by atoms with Crippen LogP contribution in [-0.4, -0.2) is 17.1 Å². The fourth-order valence-corrected chi connectivity index (χ4v) is 3.82. The first kappa shape index (κ1) is 21.2. The van der Waals surface area contributed by atoms with E-state index in [4.69, 9.17) is 11.6 Å². The van der Waals surface area contributed by atoms with Crippen LogP contribution in [0.1, 0.15) is 15.9 Å². The Balaban J connectivity index is 1.37. The van der Waals surface area contributed by atoms with E-state index >= 15 is 0 Å². The first-order valence-corrected chi connectivity index (χ1v) is 11.3. The van der Waals surface area contributed by atoms with Crippen molar-refractivity contribution < 1.29 is 4.79 Å². The Hall–Kier alpha value is -3.00. The Morgan fingerprint density at radius 1 is 1.00 bits per heavy atom. The highest BCUT2D eigenvalue weighted by molar-refractivity contribution is 9.10. The van der Waals surface area contributed by atoms with Crippen molar-refractivity contribution in [1.29, 1.82) is 0 Å². The minimum atomic E-state index is -0.275. The number of thiazole rings is 1. The van der Waals surface area contributed by atoms with Crippen molar-refractivity contribution >= 4 is 61.8 Å². The third kappa shape index (κ3) is 5.79. The number of carbonyl (C=O) groups excluding carboxylic acids is 1. The quantitative estimate of drug-likeness (QED) is 0.223. The summed E-state index contributed by atoms with van der Waals surface area (Å²) in [4.78, 5) is 16.9. The number of benzene rings is 3. The maximum Gasteiger partial charge on any atom is 0.271 e. The SMILES string of the molecule is O=C(N/N=C\c1ccc(Br)cc1)c1ccc(-c2csc(Nc3ccc(Cl)cc3)n2)cc1. The lowest BCUT2D eigenvalue weighted by Crippen LogP contribution is -2.17. The van der Waals surface area contributed by atoms with Crippen LogP contribution in [-0.2, 0) is 0 Å². The Morgan fingerprint density at radius 3 is 2.42 bits per heavy atom. The average Bonchev–Trinajstić information content (AvgIpc) is 3.25. The summed E-state index contributed by atoms with van der Waals surface area (Å²) in [5, 5.41) is 10.7. The molecule has 2 N–H and O–H groups in total. The van der Waals surface area contributed by atoms with Crippen LogP contribution >= 0.6 is 38.9 Å². The first-order chi connectivity index (χ1) is 15.1. The molecule has 0 spiro atoms. The van der Waals surface area contributed by atoms with Crippen molar-refractivity contribution in [2.75, 3.05) is 5.32 Å². The van der Waals surface area contributed by atoms with Gasteiger partial charge in [0, 0.05) is 31.7 Å². The fraction of sp³-hybridized carbons (Fsp3) is 0. The summed E-state index contributed by atoms with van der Waals surface area (Å²) >= 11 is 10.8. The lowest BCUT2D eigenvalue weighted by atomic mass is 10.1. The highest BCUT2D eigenvalue weighted by atomic mass is 79.9. The Morgan fingerprint density at radius 2 is 1.71 bits per heavy atom. The second-order valence-corrected chi connectivity index (χ2v) is 8.71. The minimum absolute atomic E-state index is 0.275. The molecule has 0 aliphatic heterocycles. The molecule has 0 unspecified atom stereocenters. The number of hydrogen-bond donors (Lipinski definition) is 2. The van der Waals surface area contributed by atoms with Crippen LogP contribution in [0, 0.1) is 0 Å². The summed E-state index contributed by atoms with van der Waals surface area (Å²) in [6.45, 7) is 0. The van der Waals surface area contributed by atoms with Gasteiger partial charge in [-0.25, -0.2) is 10.4 Å². The number of nitrogens with zero attached hydrogens (tertiary/aromatic N) is 2. The molecular weight excluding hydrogens is 496 g/mol. The molecule has 1 amide bonds. The zero-order valence-electron chi connectivity index (χ0n) is 16.0. The standard InChI is InChI=1S/C23H16BrClN4OS/c24-18-7-1-15(2-8-18)13-26-29-22(30)17-5-3-16(4-6-17)21-14-31-23(28-21)27-20-11-9-19(25)10-12-20/h1-14H,(H,27,28)(H,29,30)/b26-13-. The van der Waals surface area contributed by atoms with Gasteiger partial charge in [-0.05, 0) is 54.1 Å². The molecular formula is C23H16BrClN4OS. The third-order valence-corrected chi connectivity index (χ3v) is 5.83.